The molecule has 11 heteroatoms. The van der Waals surface area contributed by atoms with Gasteiger partial charge < -0.3 is 25.3 Å². The van der Waals surface area contributed by atoms with Crippen molar-refractivity contribution in [2.24, 2.45) is 0 Å². The molecule has 1 amide bonds. The number of ether oxygens (including phenoxy) is 1. The number of anilines is 2. The molecule has 5 rings (SSSR count). The van der Waals surface area contributed by atoms with E-state index in [2.05, 4.69) is 14.6 Å². The Kier molecular flexibility index (Phi) is 6.76. The Balaban J connectivity index is 1.44. The number of nitrogen functional groups attached to an aromatic ring is 1. The van der Waals surface area contributed by atoms with E-state index in [0.717, 1.165) is 39.8 Å². The van der Waals surface area contributed by atoms with Gasteiger partial charge in [0.15, 0.2) is 0 Å². The third kappa shape index (κ3) is 4.85. The minimum atomic E-state index is -3.74. The number of aromatic nitrogens is 1. The van der Waals surface area contributed by atoms with E-state index in [1.54, 1.807) is 23.1 Å². The predicted molar refractivity (Wildman–Crippen MR) is 147 cm³/mol. The third-order valence-electron chi connectivity index (χ3n) is 6.53. The van der Waals surface area contributed by atoms with Crippen LogP contribution in [0.5, 0.6) is 5.75 Å². The normalized spacial score (nSPS) is 13.6. The van der Waals surface area contributed by atoms with E-state index >= 15 is 0 Å². The van der Waals surface area contributed by atoms with Crippen molar-refractivity contribution < 1.29 is 17.9 Å². The average molecular weight is 542 g/mol. The molecule has 194 valence electrons. The zero-order valence-electron chi connectivity index (χ0n) is 20.5. The molecular weight excluding hydrogens is 514 g/mol. The highest BCUT2D eigenvalue weighted by atomic mass is 35.5. The second-order valence-electron chi connectivity index (χ2n) is 9.24. The van der Waals surface area contributed by atoms with Gasteiger partial charge in [0.2, 0.25) is 10.0 Å². The average Bonchev–Trinajstić information content (AvgIpc) is 3.47. The maximum Gasteiger partial charge on any atom is 0.274 e. The van der Waals surface area contributed by atoms with Crippen molar-refractivity contribution in [2.45, 2.75) is 11.3 Å². The first kappa shape index (κ1) is 25.3. The van der Waals surface area contributed by atoms with Crippen LogP contribution in [0.3, 0.4) is 0 Å². The molecule has 0 spiro atoms. The quantitative estimate of drug-likeness (QED) is 0.178. The summed E-state index contributed by atoms with van der Waals surface area (Å²) in [5, 5.41) is 2.34. The minimum Gasteiger partial charge on any atom is -0.492 e. The highest BCUT2D eigenvalue weighted by Gasteiger charge is 2.29. The number of sulfonamides is 1. The molecule has 3 aromatic carbocycles. The standard InChI is InChI=1S/C26H28ClN5O4S/c1-31(2)9-10-36-17-3-6-23-16(11-17)12-24(30-23)26(33)32-8-7-20-19-5-4-18(37(34,35)29-15-27)13-21(19)22(28)14-25(20)32/h3-6,11-14,29-30H,7-10,15,28H2,1-2H3. The van der Waals surface area contributed by atoms with Crippen LogP contribution in [0, 0.1) is 0 Å². The summed E-state index contributed by atoms with van der Waals surface area (Å²) in [5.41, 5.74) is 9.75. The van der Waals surface area contributed by atoms with Crippen LogP contribution in [0.2, 0.25) is 0 Å². The number of benzene rings is 3. The molecule has 37 heavy (non-hydrogen) atoms. The summed E-state index contributed by atoms with van der Waals surface area (Å²) < 4.78 is 32.9. The fourth-order valence-electron chi connectivity index (χ4n) is 4.66. The largest absolute Gasteiger partial charge is 0.492 e. The zero-order chi connectivity index (χ0) is 26.3. The second-order valence-corrected chi connectivity index (χ2v) is 11.3. The Bertz CT molecular complexity index is 1620. The molecule has 0 unspecified atom stereocenters. The summed E-state index contributed by atoms with van der Waals surface area (Å²) in [6.07, 6.45) is 0.633. The Morgan fingerprint density at radius 1 is 1.16 bits per heavy atom. The Labute approximate surface area is 220 Å². The monoisotopic (exact) mass is 541 g/mol. The van der Waals surface area contributed by atoms with Crippen molar-refractivity contribution in [2.75, 3.05) is 50.4 Å². The van der Waals surface area contributed by atoms with E-state index in [0.29, 0.717) is 36.3 Å². The van der Waals surface area contributed by atoms with Crippen molar-refractivity contribution in [3.05, 3.63) is 59.8 Å². The summed E-state index contributed by atoms with van der Waals surface area (Å²) in [6.45, 7) is 1.88. The van der Waals surface area contributed by atoms with E-state index in [1.165, 1.54) is 6.07 Å². The molecule has 0 fully saturated rings. The zero-order valence-corrected chi connectivity index (χ0v) is 22.1. The second kappa shape index (κ2) is 9.86. The van der Waals surface area contributed by atoms with Crippen molar-refractivity contribution >= 4 is 60.6 Å². The number of fused-ring (bicyclic) bond motifs is 4. The van der Waals surface area contributed by atoms with E-state index in [4.69, 9.17) is 22.1 Å². The minimum absolute atomic E-state index is 0.0846. The van der Waals surface area contributed by atoms with Gasteiger partial charge in [-0.05, 0) is 73.9 Å². The third-order valence-corrected chi connectivity index (χ3v) is 8.23. The molecule has 1 aromatic heterocycles. The maximum atomic E-state index is 13.5. The van der Waals surface area contributed by atoms with Gasteiger partial charge in [-0.2, -0.15) is 4.72 Å². The first-order valence-electron chi connectivity index (χ1n) is 11.8. The van der Waals surface area contributed by atoms with Gasteiger partial charge in [0.1, 0.15) is 18.1 Å². The number of aromatic amines is 1. The molecule has 0 saturated carbocycles. The van der Waals surface area contributed by atoms with Gasteiger partial charge in [0, 0.05) is 40.8 Å². The van der Waals surface area contributed by atoms with Gasteiger partial charge in [-0.3, -0.25) is 4.79 Å². The van der Waals surface area contributed by atoms with Crippen molar-refractivity contribution in [3.8, 4) is 5.75 Å². The summed E-state index contributed by atoms with van der Waals surface area (Å²) in [7, 11) is 0.249. The Morgan fingerprint density at radius 2 is 1.97 bits per heavy atom. The number of carbonyl (C=O) groups excluding carboxylic acids is 1. The van der Waals surface area contributed by atoms with Crippen LogP contribution in [0.15, 0.2) is 53.4 Å². The number of amides is 1. The van der Waals surface area contributed by atoms with Gasteiger partial charge in [0.05, 0.1) is 10.9 Å². The SMILES string of the molecule is CN(C)CCOc1ccc2[nH]c(C(=O)N3CCc4c3cc(N)c3cc(S(=O)(=O)NCCl)ccc43)cc2c1. The van der Waals surface area contributed by atoms with Crippen LogP contribution in [-0.2, 0) is 16.4 Å². The summed E-state index contributed by atoms with van der Waals surface area (Å²) >= 11 is 5.56. The van der Waals surface area contributed by atoms with Crippen molar-refractivity contribution in [1.82, 2.24) is 14.6 Å². The predicted octanol–water partition coefficient (Wildman–Crippen LogP) is 3.52. The number of hydrogen-bond donors (Lipinski definition) is 3. The lowest BCUT2D eigenvalue weighted by Crippen LogP contribution is -2.29. The van der Waals surface area contributed by atoms with Crippen LogP contribution < -0.4 is 20.1 Å². The molecule has 4 aromatic rings. The molecule has 0 atom stereocenters. The Morgan fingerprint density at radius 3 is 2.73 bits per heavy atom. The van der Waals surface area contributed by atoms with Gasteiger partial charge in [-0.15, -0.1) is 11.6 Å². The van der Waals surface area contributed by atoms with E-state index < -0.39 is 10.0 Å². The molecule has 4 N–H and O–H groups in total. The van der Waals surface area contributed by atoms with Crippen molar-refractivity contribution in [3.63, 3.8) is 0 Å². The summed E-state index contributed by atoms with van der Waals surface area (Å²) in [6, 6.07) is 13.9. The number of nitrogens with one attached hydrogen (secondary N) is 2. The fraction of sp³-hybridized carbons (Fsp3) is 0.269. The van der Waals surface area contributed by atoms with Gasteiger partial charge in [-0.25, -0.2) is 8.42 Å². The molecule has 1 aliphatic heterocycles. The van der Waals surface area contributed by atoms with E-state index in [9.17, 15) is 13.2 Å². The topological polar surface area (TPSA) is 121 Å². The lowest BCUT2D eigenvalue weighted by molar-refractivity contribution is 0.0985. The molecule has 2 heterocycles. The van der Waals surface area contributed by atoms with Crippen molar-refractivity contribution in [1.29, 1.82) is 0 Å². The first-order valence-corrected chi connectivity index (χ1v) is 13.8. The lowest BCUT2D eigenvalue weighted by Gasteiger charge is -2.18. The van der Waals surface area contributed by atoms with Crippen LogP contribution in [0.4, 0.5) is 11.4 Å². The van der Waals surface area contributed by atoms with Crippen LogP contribution in [-0.4, -0.2) is 64.0 Å². The summed E-state index contributed by atoms with van der Waals surface area (Å²) in [5.74, 6) is 0.593. The molecular formula is C26H28ClN5O4S. The highest BCUT2D eigenvalue weighted by Crippen LogP contribution is 2.39. The highest BCUT2D eigenvalue weighted by molar-refractivity contribution is 7.89. The van der Waals surface area contributed by atoms with Crippen LogP contribution >= 0.6 is 11.6 Å². The molecule has 0 radical (unpaired) electrons. The molecule has 0 aliphatic carbocycles. The Hall–Kier alpha value is -3.31. The van der Waals surface area contributed by atoms with Crippen LogP contribution in [0.1, 0.15) is 16.1 Å². The van der Waals surface area contributed by atoms with E-state index in [-0.39, 0.29) is 16.8 Å². The first-order chi connectivity index (χ1) is 17.7. The number of rotatable bonds is 8. The van der Waals surface area contributed by atoms with Crippen LogP contribution in [0.25, 0.3) is 21.7 Å². The molecule has 0 saturated heterocycles. The lowest BCUT2D eigenvalue weighted by atomic mass is 10.0. The number of hydrogen-bond acceptors (Lipinski definition) is 6. The maximum absolute atomic E-state index is 13.5. The number of H-pyrrole nitrogens is 1. The number of carbonyl (C=O) groups is 1. The number of nitrogens with two attached hydrogens (primary N) is 1. The number of likely N-dealkylation sites (N-methyl/N-ethyl adjacent to an activating group) is 1. The molecule has 1 aliphatic rings. The van der Waals surface area contributed by atoms with Gasteiger partial charge in [-0.1, -0.05) is 6.07 Å². The molecule has 0 bridgehead atoms. The smallest absolute Gasteiger partial charge is 0.274 e. The molecule has 9 nitrogen and oxygen atoms in total. The summed E-state index contributed by atoms with van der Waals surface area (Å²) in [4.78, 5) is 20.6. The van der Waals surface area contributed by atoms with E-state index in [1.807, 2.05) is 38.4 Å². The number of alkyl halides is 1. The van der Waals surface area contributed by atoms with Gasteiger partial charge in [0.25, 0.3) is 5.91 Å². The fourth-order valence-corrected chi connectivity index (χ4v) is 5.92. The number of nitrogens with zero attached hydrogens (tertiary/aromatic N) is 2. The number of halogens is 1. The van der Waals surface area contributed by atoms with Gasteiger partial charge >= 0.3 is 0 Å².